The predicted octanol–water partition coefficient (Wildman–Crippen LogP) is 4.95. The minimum Gasteiger partial charge on any atom is -0.460 e. The van der Waals surface area contributed by atoms with Crippen LogP contribution in [-0.2, 0) is 21.6 Å². The number of hydrogen-bond donors (Lipinski definition) is 0. The van der Waals surface area contributed by atoms with Gasteiger partial charge in [0.25, 0.3) is 0 Å². The van der Waals surface area contributed by atoms with Gasteiger partial charge in [-0.3, -0.25) is 4.79 Å². The van der Waals surface area contributed by atoms with E-state index in [4.69, 9.17) is 4.74 Å². The smallest absolute Gasteiger partial charge is 0.310 e. The number of benzene rings is 1. The van der Waals surface area contributed by atoms with Gasteiger partial charge in [-0.25, -0.2) is 31.9 Å². The first-order valence-corrected chi connectivity index (χ1v) is 9.27. The first-order valence-electron chi connectivity index (χ1n) is 9.27. The summed E-state index contributed by atoms with van der Waals surface area (Å²) < 4.78 is 72.2. The van der Waals surface area contributed by atoms with E-state index in [1.165, 1.54) is 0 Å². The molecule has 1 aliphatic carbocycles. The molecule has 0 N–H and O–H groups in total. The summed E-state index contributed by atoms with van der Waals surface area (Å²) in [6.45, 7) is 8.43. The van der Waals surface area contributed by atoms with Crippen LogP contribution in [-0.4, -0.2) is 15.9 Å². The number of esters is 1. The summed E-state index contributed by atoms with van der Waals surface area (Å²) in [5.74, 6) is -11.6. The fourth-order valence-electron chi connectivity index (χ4n) is 3.60. The van der Waals surface area contributed by atoms with E-state index in [0.717, 1.165) is 0 Å². The van der Waals surface area contributed by atoms with Gasteiger partial charge in [0, 0.05) is 23.7 Å². The maximum absolute atomic E-state index is 13.8. The van der Waals surface area contributed by atoms with Crippen molar-refractivity contribution in [2.24, 2.45) is 11.3 Å². The average Bonchev–Trinajstić information content (AvgIpc) is 3.26. The standard InChI is InChI=1S/C21H21F5N2O2/c1-20(2,3)19-27-6-9(7-28-19)11-12(21(11,4)5)18(29)30-8-10-13(22)15(24)17(26)16(25)14(10)23/h6-7,11-12H,8H2,1-5H3/t11-,12+/m0/s1. The van der Waals surface area contributed by atoms with Crippen LogP contribution in [0.3, 0.4) is 0 Å². The molecule has 4 nitrogen and oxygen atoms in total. The lowest BCUT2D eigenvalue weighted by atomic mass is 9.95. The number of hydrogen-bond acceptors (Lipinski definition) is 4. The molecule has 0 bridgehead atoms. The van der Waals surface area contributed by atoms with Gasteiger partial charge in [-0.1, -0.05) is 34.6 Å². The second-order valence-corrected chi connectivity index (χ2v) is 9.02. The van der Waals surface area contributed by atoms with Gasteiger partial charge in [0.1, 0.15) is 12.4 Å². The molecule has 1 aromatic heterocycles. The number of carbonyl (C=O) groups excluding carboxylic acids is 1. The lowest BCUT2D eigenvalue weighted by Gasteiger charge is -2.16. The summed E-state index contributed by atoms with van der Waals surface area (Å²) in [5, 5.41) is 0. The normalized spacial score (nSPS) is 20.2. The van der Waals surface area contributed by atoms with E-state index < -0.39 is 58.6 Å². The minimum atomic E-state index is -2.26. The molecule has 2 aromatic rings. The maximum atomic E-state index is 13.8. The molecule has 1 heterocycles. The summed E-state index contributed by atoms with van der Waals surface area (Å²) in [6, 6.07) is 0. The highest BCUT2D eigenvalue weighted by molar-refractivity contribution is 5.79. The summed E-state index contributed by atoms with van der Waals surface area (Å²) >= 11 is 0. The van der Waals surface area contributed by atoms with Crippen molar-refractivity contribution in [2.45, 2.75) is 52.6 Å². The van der Waals surface area contributed by atoms with Gasteiger partial charge < -0.3 is 4.74 Å². The molecule has 0 amide bonds. The third-order valence-corrected chi connectivity index (χ3v) is 5.44. The molecular formula is C21H21F5N2O2. The van der Waals surface area contributed by atoms with Gasteiger partial charge >= 0.3 is 5.97 Å². The summed E-state index contributed by atoms with van der Waals surface area (Å²) in [7, 11) is 0. The fraction of sp³-hybridized carbons (Fsp3) is 0.476. The molecule has 9 heteroatoms. The predicted molar refractivity (Wildman–Crippen MR) is 96.8 cm³/mol. The first-order chi connectivity index (χ1) is 13.8. The molecule has 2 atom stereocenters. The monoisotopic (exact) mass is 428 g/mol. The van der Waals surface area contributed by atoms with Gasteiger partial charge in [-0.2, -0.15) is 0 Å². The van der Waals surface area contributed by atoms with Gasteiger partial charge in [0.05, 0.1) is 11.5 Å². The number of nitrogens with zero attached hydrogens (tertiary/aromatic N) is 2. The van der Waals surface area contributed by atoms with Crippen molar-refractivity contribution >= 4 is 5.97 Å². The third-order valence-electron chi connectivity index (χ3n) is 5.44. The van der Waals surface area contributed by atoms with E-state index in [0.29, 0.717) is 11.4 Å². The van der Waals surface area contributed by atoms with E-state index in [-0.39, 0.29) is 11.3 Å². The van der Waals surface area contributed by atoms with Crippen molar-refractivity contribution < 1.29 is 31.5 Å². The first kappa shape index (κ1) is 22.1. The van der Waals surface area contributed by atoms with Crippen LogP contribution in [0.15, 0.2) is 12.4 Å². The lowest BCUT2D eigenvalue weighted by molar-refractivity contribution is -0.147. The van der Waals surface area contributed by atoms with Crippen LogP contribution in [0, 0.1) is 40.4 Å². The highest BCUT2D eigenvalue weighted by Gasteiger charge is 2.63. The SMILES string of the molecule is CC(C)(C)c1ncc([C@H]2[C@H](C(=O)OCc3c(F)c(F)c(F)c(F)c3F)C2(C)C)cn1. The molecule has 0 aliphatic heterocycles. The molecule has 1 aromatic carbocycles. The number of aromatic nitrogens is 2. The molecule has 0 saturated heterocycles. The largest absolute Gasteiger partial charge is 0.460 e. The van der Waals surface area contributed by atoms with Crippen molar-refractivity contribution in [3.8, 4) is 0 Å². The van der Waals surface area contributed by atoms with Crippen molar-refractivity contribution in [1.29, 1.82) is 0 Å². The minimum absolute atomic E-state index is 0.246. The van der Waals surface area contributed by atoms with E-state index >= 15 is 0 Å². The van der Waals surface area contributed by atoms with Gasteiger partial charge in [0.2, 0.25) is 5.82 Å². The Hall–Kier alpha value is -2.58. The second kappa shape index (κ2) is 7.28. The topological polar surface area (TPSA) is 52.1 Å². The maximum Gasteiger partial charge on any atom is 0.310 e. The van der Waals surface area contributed by atoms with E-state index in [1.54, 1.807) is 26.2 Å². The molecule has 0 unspecified atom stereocenters. The Bertz CT molecular complexity index is 971. The Labute approximate surface area is 170 Å². The van der Waals surface area contributed by atoms with Gasteiger partial charge in [-0.15, -0.1) is 0 Å². The van der Waals surface area contributed by atoms with Crippen LogP contribution < -0.4 is 0 Å². The van der Waals surface area contributed by atoms with Gasteiger partial charge in [-0.05, 0) is 11.0 Å². The average molecular weight is 428 g/mol. The number of rotatable bonds is 4. The van der Waals surface area contributed by atoms with Crippen LogP contribution in [0.1, 0.15) is 57.5 Å². The van der Waals surface area contributed by atoms with E-state index in [1.807, 2.05) is 20.8 Å². The van der Waals surface area contributed by atoms with Crippen LogP contribution in [0.2, 0.25) is 0 Å². The summed E-state index contributed by atoms with van der Waals surface area (Å²) in [6.07, 6.45) is 3.24. The van der Waals surface area contributed by atoms with E-state index in [2.05, 4.69) is 9.97 Å². The lowest BCUT2D eigenvalue weighted by Crippen LogP contribution is -2.16. The Balaban J connectivity index is 1.76. The van der Waals surface area contributed by atoms with Crippen LogP contribution in [0.5, 0.6) is 0 Å². The quantitative estimate of drug-likeness (QED) is 0.299. The number of ether oxygens (including phenoxy) is 1. The van der Waals surface area contributed by atoms with Crippen molar-refractivity contribution in [3.05, 3.63) is 58.4 Å². The molecule has 30 heavy (non-hydrogen) atoms. The van der Waals surface area contributed by atoms with Crippen molar-refractivity contribution in [1.82, 2.24) is 9.97 Å². The molecule has 162 valence electrons. The third kappa shape index (κ3) is 3.65. The fourth-order valence-corrected chi connectivity index (χ4v) is 3.60. The summed E-state index contributed by atoms with van der Waals surface area (Å²) in [4.78, 5) is 21.2. The zero-order valence-electron chi connectivity index (χ0n) is 17.1. The molecule has 0 spiro atoms. The van der Waals surface area contributed by atoms with Crippen molar-refractivity contribution in [2.75, 3.05) is 0 Å². The molecule has 0 radical (unpaired) electrons. The molecule has 1 saturated carbocycles. The van der Waals surface area contributed by atoms with Crippen LogP contribution >= 0.6 is 0 Å². The van der Waals surface area contributed by atoms with Crippen LogP contribution in [0.4, 0.5) is 22.0 Å². The Morgan fingerprint density at radius 2 is 1.43 bits per heavy atom. The Morgan fingerprint density at radius 3 is 1.90 bits per heavy atom. The Morgan fingerprint density at radius 1 is 0.967 bits per heavy atom. The molecule has 1 aliphatic rings. The Kier molecular flexibility index (Phi) is 5.37. The second-order valence-electron chi connectivity index (χ2n) is 9.02. The highest BCUT2D eigenvalue weighted by atomic mass is 19.2. The van der Waals surface area contributed by atoms with Crippen LogP contribution in [0.25, 0.3) is 0 Å². The number of carbonyl (C=O) groups is 1. The van der Waals surface area contributed by atoms with Gasteiger partial charge in [0.15, 0.2) is 23.3 Å². The molecular weight excluding hydrogens is 407 g/mol. The van der Waals surface area contributed by atoms with Crippen molar-refractivity contribution in [3.63, 3.8) is 0 Å². The zero-order valence-corrected chi connectivity index (χ0v) is 17.1. The van der Waals surface area contributed by atoms with E-state index in [9.17, 15) is 26.7 Å². The highest BCUT2D eigenvalue weighted by Crippen LogP contribution is 2.64. The molecule has 1 fully saturated rings. The molecule has 3 rings (SSSR count). The summed E-state index contributed by atoms with van der Waals surface area (Å²) in [5.41, 5.74) is -1.28. The number of halogens is 5. The zero-order chi connectivity index (χ0) is 22.6.